The molecule has 0 saturated heterocycles. The van der Waals surface area contributed by atoms with Crippen LogP contribution in [0.25, 0.3) is 0 Å². The second-order valence-electron chi connectivity index (χ2n) is 7.20. The highest BCUT2D eigenvalue weighted by Gasteiger charge is 2.45. The number of hydrogen-bond donors (Lipinski definition) is 0. The van der Waals surface area contributed by atoms with Crippen molar-refractivity contribution in [3.63, 3.8) is 0 Å². The Labute approximate surface area is 120 Å². The van der Waals surface area contributed by atoms with Crippen LogP contribution in [-0.2, 0) is 0 Å². The second kappa shape index (κ2) is 4.62. The fourth-order valence-electron chi connectivity index (χ4n) is 4.67. The summed E-state index contributed by atoms with van der Waals surface area (Å²) in [5, 5.41) is 0. The molecule has 0 aromatic rings. The third kappa shape index (κ3) is 2.12. The molecule has 1 heteroatoms. The van der Waals surface area contributed by atoms with Crippen LogP contribution in [0.5, 0.6) is 0 Å². The zero-order valence-corrected chi connectivity index (χ0v) is 14.8. The van der Waals surface area contributed by atoms with Crippen molar-refractivity contribution in [3.8, 4) is 0 Å². The van der Waals surface area contributed by atoms with Crippen LogP contribution in [0.15, 0.2) is 45.6 Å². The highest BCUT2D eigenvalue weighted by atomic mass is 28.3. The second-order valence-corrected chi connectivity index (χ2v) is 12.0. The van der Waals surface area contributed by atoms with Crippen LogP contribution >= 0.6 is 0 Å². The topological polar surface area (TPSA) is 0 Å². The molecule has 0 saturated carbocycles. The molecular formula is C18H28Si. The van der Waals surface area contributed by atoms with Gasteiger partial charge in [-0.1, -0.05) is 58.7 Å². The molecule has 0 fully saturated rings. The van der Waals surface area contributed by atoms with Crippen molar-refractivity contribution < 1.29 is 0 Å². The van der Waals surface area contributed by atoms with Crippen LogP contribution in [0, 0.1) is 0 Å². The van der Waals surface area contributed by atoms with Crippen LogP contribution in [0.1, 0.15) is 41.5 Å². The average Bonchev–Trinajstić information content (AvgIpc) is 2.66. The maximum atomic E-state index is 2.58. The Morgan fingerprint density at radius 1 is 0.684 bits per heavy atom. The smallest absolute Gasteiger partial charge is 0.0686 e. The van der Waals surface area contributed by atoms with Gasteiger partial charge in [0.25, 0.3) is 0 Å². The van der Waals surface area contributed by atoms with Crippen molar-refractivity contribution in [1.82, 2.24) is 0 Å². The summed E-state index contributed by atoms with van der Waals surface area (Å²) >= 11 is 0. The summed E-state index contributed by atoms with van der Waals surface area (Å²) in [6.07, 6.45) is 4.82. The zero-order valence-electron chi connectivity index (χ0n) is 13.8. The van der Waals surface area contributed by atoms with Gasteiger partial charge in [-0.15, -0.1) is 0 Å². The predicted octanol–water partition coefficient (Wildman–Crippen LogP) is 6.03. The van der Waals surface area contributed by atoms with Gasteiger partial charge < -0.3 is 0 Å². The maximum absolute atomic E-state index is 2.58. The van der Waals surface area contributed by atoms with E-state index in [-0.39, 0.29) is 0 Å². The van der Waals surface area contributed by atoms with Gasteiger partial charge >= 0.3 is 0 Å². The quantitative estimate of drug-likeness (QED) is 0.539. The van der Waals surface area contributed by atoms with Gasteiger partial charge in [0.05, 0.1) is 8.07 Å². The van der Waals surface area contributed by atoms with E-state index < -0.39 is 8.07 Å². The van der Waals surface area contributed by atoms with Gasteiger partial charge in [0.1, 0.15) is 0 Å². The molecule has 2 aliphatic carbocycles. The fraction of sp³-hybridized carbons (Fsp3) is 0.556. The molecule has 0 spiro atoms. The van der Waals surface area contributed by atoms with Crippen LogP contribution in [0.3, 0.4) is 0 Å². The summed E-state index contributed by atoms with van der Waals surface area (Å²) < 4.78 is 0. The first-order valence-corrected chi connectivity index (χ1v) is 10.5. The molecular weight excluding hydrogens is 244 g/mol. The van der Waals surface area contributed by atoms with Gasteiger partial charge in [-0.2, -0.15) is 0 Å². The summed E-state index contributed by atoms with van der Waals surface area (Å²) in [5.41, 5.74) is 10.9. The standard InChI is InChI=1S/C18H28Si/c1-11-9-13(3)17(15(11)5)19(7,8)18-14(4)10-12(2)16(18)6/h9-10,17-18H,1-8H3/t17-,18-/m1/s1. The van der Waals surface area contributed by atoms with Gasteiger partial charge in [-0.3, -0.25) is 0 Å². The zero-order chi connectivity index (χ0) is 14.5. The lowest BCUT2D eigenvalue weighted by Crippen LogP contribution is -2.39. The van der Waals surface area contributed by atoms with E-state index in [0.29, 0.717) is 0 Å². The molecule has 0 amide bonds. The Morgan fingerprint density at radius 2 is 1.00 bits per heavy atom. The lowest BCUT2D eigenvalue weighted by molar-refractivity contribution is 0.978. The molecule has 2 aliphatic rings. The Balaban J connectivity index is 2.46. The Morgan fingerprint density at radius 3 is 1.21 bits per heavy atom. The molecule has 0 bridgehead atoms. The van der Waals surface area contributed by atoms with Gasteiger partial charge in [0.2, 0.25) is 0 Å². The maximum Gasteiger partial charge on any atom is 0.0713 e. The molecule has 0 unspecified atom stereocenters. The summed E-state index contributed by atoms with van der Waals surface area (Å²) in [6.45, 7) is 19.1. The lowest BCUT2D eigenvalue weighted by Gasteiger charge is -2.39. The first-order chi connectivity index (χ1) is 8.67. The highest BCUT2D eigenvalue weighted by molar-refractivity contribution is 6.82. The summed E-state index contributed by atoms with van der Waals surface area (Å²) in [4.78, 5) is 0. The van der Waals surface area contributed by atoms with E-state index in [1.807, 2.05) is 0 Å². The van der Waals surface area contributed by atoms with Crippen LogP contribution in [0.2, 0.25) is 24.2 Å². The molecule has 0 radical (unpaired) electrons. The first-order valence-electron chi connectivity index (χ1n) is 7.39. The molecule has 0 nitrogen and oxygen atoms in total. The van der Waals surface area contributed by atoms with Gasteiger partial charge in [0, 0.05) is 0 Å². The van der Waals surface area contributed by atoms with Crippen LogP contribution in [0.4, 0.5) is 0 Å². The number of hydrogen-bond acceptors (Lipinski definition) is 0. The van der Waals surface area contributed by atoms with E-state index in [4.69, 9.17) is 0 Å². The van der Waals surface area contributed by atoms with E-state index in [1.54, 1.807) is 22.3 Å². The lowest BCUT2D eigenvalue weighted by atomic mass is 10.1. The van der Waals surface area contributed by atoms with Crippen LogP contribution < -0.4 is 0 Å². The molecule has 2 atom stereocenters. The van der Waals surface area contributed by atoms with Crippen molar-refractivity contribution in [2.45, 2.75) is 65.7 Å². The van der Waals surface area contributed by atoms with Crippen molar-refractivity contribution >= 4 is 8.07 Å². The van der Waals surface area contributed by atoms with Gasteiger partial charge in [-0.05, 0) is 52.6 Å². The van der Waals surface area contributed by atoms with Gasteiger partial charge in [0.15, 0.2) is 0 Å². The van der Waals surface area contributed by atoms with Gasteiger partial charge in [-0.25, -0.2) is 0 Å². The molecule has 0 heterocycles. The molecule has 104 valence electrons. The molecule has 0 N–H and O–H groups in total. The summed E-state index contributed by atoms with van der Waals surface area (Å²) in [7, 11) is -1.43. The largest absolute Gasteiger partial charge is 0.0713 e. The van der Waals surface area contributed by atoms with E-state index in [2.05, 4.69) is 66.8 Å². The molecule has 19 heavy (non-hydrogen) atoms. The minimum atomic E-state index is -1.43. The first kappa shape index (κ1) is 14.6. The third-order valence-electron chi connectivity index (χ3n) is 5.40. The van der Waals surface area contributed by atoms with Crippen molar-refractivity contribution in [1.29, 1.82) is 0 Å². The molecule has 2 rings (SSSR count). The number of allylic oxidation sites excluding steroid dienone is 8. The Hall–Kier alpha value is -0.823. The molecule has 0 aromatic heterocycles. The Bertz CT molecular complexity index is 490. The summed E-state index contributed by atoms with van der Waals surface area (Å²) in [5.74, 6) is 0. The van der Waals surface area contributed by atoms with E-state index >= 15 is 0 Å². The molecule has 0 aromatic carbocycles. The predicted molar refractivity (Wildman–Crippen MR) is 89.2 cm³/mol. The number of rotatable bonds is 2. The Kier molecular flexibility index (Phi) is 3.55. The molecule has 0 aliphatic heterocycles. The minimum absolute atomic E-state index is 0.724. The van der Waals surface area contributed by atoms with Crippen LogP contribution in [-0.4, -0.2) is 8.07 Å². The van der Waals surface area contributed by atoms with Crippen molar-refractivity contribution in [2.75, 3.05) is 0 Å². The average molecular weight is 273 g/mol. The SMILES string of the molecule is CC1=CC(C)=C(C)[C@@H]1[Si](C)(C)[C@@H]1C(C)=CC(C)=C1C. The highest BCUT2D eigenvalue weighted by Crippen LogP contribution is 2.53. The minimum Gasteiger partial charge on any atom is -0.0686 e. The van der Waals surface area contributed by atoms with Crippen molar-refractivity contribution in [2.24, 2.45) is 0 Å². The van der Waals surface area contributed by atoms with E-state index in [1.165, 1.54) is 11.1 Å². The third-order valence-corrected chi connectivity index (χ3v) is 10.1. The fourth-order valence-corrected chi connectivity index (χ4v) is 10.2. The van der Waals surface area contributed by atoms with E-state index in [0.717, 1.165) is 11.1 Å². The van der Waals surface area contributed by atoms with E-state index in [9.17, 15) is 0 Å². The van der Waals surface area contributed by atoms with Crippen molar-refractivity contribution in [3.05, 3.63) is 45.6 Å². The summed E-state index contributed by atoms with van der Waals surface area (Å²) in [6, 6.07) is 0. The monoisotopic (exact) mass is 272 g/mol. The normalized spacial score (nSPS) is 28.2.